The average Bonchev–Trinajstić information content (AvgIpc) is 2.83. The van der Waals surface area contributed by atoms with Crippen LogP contribution in [-0.2, 0) is 4.74 Å². The van der Waals surface area contributed by atoms with E-state index in [0.717, 1.165) is 39.4 Å². The summed E-state index contributed by atoms with van der Waals surface area (Å²) in [5.74, 6) is 1.03. The van der Waals surface area contributed by atoms with E-state index >= 15 is 0 Å². The van der Waals surface area contributed by atoms with E-state index in [2.05, 4.69) is 30.8 Å². The highest BCUT2D eigenvalue weighted by atomic mass is 35.5. The molecule has 0 spiro atoms. The molecule has 1 fully saturated rings. The van der Waals surface area contributed by atoms with E-state index in [9.17, 15) is 4.79 Å². The van der Waals surface area contributed by atoms with Crippen LogP contribution in [0.25, 0.3) is 0 Å². The molecule has 3 rings (SSSR count). The first-order valence-corrected chi connectivity index (χ1v) is 10.8. The number of hydrogen-bond donors (Lipinski definition) is 3. The van der Waals surface area contributed by atoms with Crippen LogP contribution < -0.4 is 25.4 Å². The topological polar surface area (TPSA) is 134 Å². The minimum Gasteiger partial charge on any atom is -0.494 e. The summed E-state index contributed by atoms with van der Waals surface area (Å²) in [6.07, 6.45) is 2.55. The fourth-order valence-electron chi connectivity index (χ4n) is 3.05. The van der Waals surface area contributed by atoms with E-state index in [-0.39, 0.29) is 11.5 Å². The minimum atomic E-state index is -0.568. The van der Waals surface area contributed by atoms with Gasteiger partial charge in [-0.3, -0.25) is 10.2 Å². The van der Waals surface area contributed by atoms with Gasteiger partial charge in [-0.05, 0) is 6.07 Å². The number of nitrogens with one attached hydrogen (secondary N) is 3. The second-order valence-electron chi connectivity index (χ2n) is 7.01. The van der Waals surface area contributed by atoms with E-state index in [1.165, 1.54) is 19.5 Å². The Balaban J connectivity index is 1.46. The minimum absolute atomic E-state index is 0.150. The van der Waals surface area contributed by atoms with Crippen molar-refractivity contribution < 1.29 is 19.0 Å². The molecule has 1 aromatic heterocycles. The maximum atomic E-state index is 12.3. The lowest BCUT2D eigenvalue weighted by atomic mass is 10.2. The van der Waals surface area contributed by atoms with Crippen LogP contribution in [0, 0.1) is 11.3 Å². The number of benzene rings is 1. The Kier molecular flexibility index (Phi) is 9.46. The number of carbonyl (C=O) groups excluding carboxylic acids is 1. The first kappa shape index (κ1) is 24.5. The van der Waals surface area contributed by atoms with E-state index in [4.69, 9.17) is 31.1 Å². The number of ether oxygens (including phenoxy) is 3. The van der Waals surface area contributed by atoms with Crippen molar-refractivity contribution in [2.45, 2.75) is 0 Å². The van der Waals surface area contributed by atoms with Crippen LogP contribution in [0.15, 0.2) is 24.5 Å². The summed E-state index contributed by atoms with van der Waals surface area (Å²) < 4.78 is 16.5. The van der Waals surface area contributed by atoms with Crippen molar-refractivity contribution in [1.29, 1.82) is 5.26 Å². The molecule has 176 valence electrons. The number of carbonyl (C=O) groups is 1. The molecule has 3 N–H and O–H groups in total. The number of rotatable bonds is 10. The van der Waals surface area contributed by atoms with Gasteiger partial charge in [0.05, 0.1) is 43.4 Å². The Morgan fingerprint density at radius 3 is 2.73 bits per heavy atom. The van der Waals surface area contributed by atoms with Gasteiger partial charge in [-0.15, -0.1) is 0 Å². The second-order valence-corrected chi connectivity index (χ2v) is 7.42. The summed E-state index contributed by atoms with van der Waals surface area (Å²) >= 11 is 6.33. The lowest BCUT2D eigenvalue weighted by Crippen LogP contribution is -2.40. The Hall–Kier alpha value is -3.17. The van der Waals surface area contributed by atoms with Gasteiger partial charge in [-0.2, -0.15) is 5.26 Å². The van der Waals surface area contributed by atoms with Gasteiger partial charge in [0.25, 0.3) is 0 Å². The van der Waals surface area contributed by atoms with Gasteiger partial charge in [-0.25, -0.2) is 14.8 Å². The molecule has 11 nitrogen and oxygen atoms in total. The van der Waals surface area contributed by atoms with Crippen LogP contribution in [0.1, 0.15) is 5.69 Å². The van der Waals surface area contributed by atoms with Crippen LogP contribution in [-0.4, -0.2) is 80.6 Å². The number of morpholine rings is 1. The van der Waals surface area contributed by atoms with E-state index in [1.807, 2.05) is 6.07 Å². The standard InChI is InChI=1S/C21H26ClN7O4/c1-31-19-11-18(33-7-3-24-2-4-29-5-8-32-9-6-29)16(22)10-17(19)27-21(30)28-20-14-25-15(12-23)13-26-20/h10-11,13-14,24H,2-9H2,1H3,(H2,26,27,28,30). The molecular formula is C21H26ClN7O4. The SMILES string of the molecule is COc1cc(OCCNCCN2CCOCC2)c(Cl)cc1NC(=O)Nc1cnc(C#N)cn1. The highest BCUT2D eigenvalue weighted by Gasteiger charge is 2.14. The third-order valence-corrected chi connectivity index (χ3v) is 5.05. The van der Waals surface area contributed by atoms with Gasteiger partial charge in [0.15, 0.2) is 11.5 Å². The molecular weight excluding hydrogens is 450 g/mol. The van der Waals surface area contributed by atoms with Gasteiger partial charge in [0.1, 0.15) is 24.2 Å². The number of halogens is 1. The lowest BCUT2D eigenvalue weighted by molar-refractivity contribution is 0.0383. The van der Waals surface area contributed by atoms with Crippen LogP contribution in [0.5, 0.6) is 11.5 Å². The molecule has 12 heteroatoms. The summed E-state index contributed by atoms with van der Waals surface area (Å²) in [6, 6.07) is 4.45. The van der Waals surface area contributed by atoms with E-state index in [1.54, 1.807) is 12.1 Å². The highest BCUT2D eigenvalue weighted by Crippen LogP contribution is 2.36. The molecule has 0 bridgehead atoms. The van der Waals surface area contributed by atoms with Gasteiger partial charge in [0.2, 0.25) is 0 Å². The first-order chi connectivity index (χ1) is 16.1. The van der Waals surface area contributed by atoms with Gasteiger partial charge in [0, 0.05) is 38.8 Å². The molecule has 1 aliphatic rings. The van der Waals surface area contributed by atoms with Crippen molar-refractivity contribution in [3.63, 3.8) is 0 Å². The monoisotopic (exact) mass is 475 g/mol. The number of nitrogens with zero attached hydrogens (tertiary/aromatic N) is 4. The smallest absolute Gasteiger partial charge is 0.325 e. The highest BCUT2D eigenvalue weighted by molar-refractivity contribution is 6.32. The summed E-state index contributed by atoms with van der Waals surface area (Å²) in [6.45, 7) is 6.43. The van der Waals surface area contributed by atoms with Crippen LogP contribution in [0.3, 0.4) is 0 Å². The molecule has 2 aromatic rings. The largest absolute Gasteiger partial charge is 0.494 e. The van der Waals surface area contributed by atoms with E-state index < -0.39 is 6.03 Å². The number of hydrogen-bond acceptors (Lipinski definition) is 9. The number of nitriles is 1. The molecule has 1 saturated heterocycles. The fraction of sp³-hybridized carbons (Fsp3) is 0.429. The number of aromatic nitrogens is 2. The predicted molar refractivity (Wildman–Crippen MR) is 123 cm³/mol. The van der Waals surface area contributed by atoms with Crippen molar-refractivity contribution in [1.82, 2.24) is 20.2 Å². The van der Waals surface area contributed by atoms with Crippen molar-refractivity contribution in [2.75, 3.05) is 70.3 Å². The lowest BCUT2D eigenvalue weighted by Gasteiger charge is -2.26. The van der Waals surface area contributed by atoms with Crippen molar-refractivity contribution in [3.05, 3.63) is 35.2 Å². The molecule has 2 amide bonds. The van der Waals surface area contributed by atoms with Crippen LogP contribution in [0.2, 0.25) is 5.02 Å². The Bertz CT molecular complexity index is 962. The van der Waals surface area contributed by atoms with E-state index in [0.29, 0.717) is 35.4 Å². The molecule has 0 saturated carbocycles. The van der Waals surface area contributed by atoms with Crippen LogP contribution >= 0.6 is 11.6 Å². The van der Waals surface area contributed by atoms with Gasteiger partial charge in [-0.1, -0.05) is 11.6 Å². The zero-order valence-electron chi connectivity index (χ0n) is 18.3. The zero-order valence-corrected chi connectivity index (χ0v) is 19.0. The zero-order chi connectivity index (χ0) is 23.5. The Labute approximate surface area is 197 Å². The first-order valence-electron chi connectivity index (χ1n) is 10.4. The summed E-state index contributed by atoms with van der Waals surface area (Å²) in [7, 11) is 1.48. The summed E-state index contributed by atoms with van der Waals surface area (Å²) in [4.78, 5) is 22.4. The molecule has 0 aliphatic carbocycles. The molecule has 0 radical (unpaired) electrons. The predicted octanol–water partition coefficient (Wildman–Crippen LogP) is 1.95. The van der Waals surface area contributed by atoms with Gasteiger partial charge >= 0.3 is 6.03 Å². The van der Waals surface area contributed by atoms with Crippen molar-refractivity contribution >= 4 is 29.1 Å². The fourth-order valence-corrected chi connectivity index (χ4v) is 3.27. The summed E-state index contributed by atoms with van der Waals surface area (Å²) in [5, 5.41) is 17.6. The third kappa shape index (κ3) is 7.73. The van der Waals surface area contributed by atoms with Crippen molar-refractivity contribution in [2.24, 2.45) is 0 Å². The van der Waals surface area contributed by atoms with Gasteiger partial charge < -0.3 is 24.8 Å². The number of anilines is 2. The molecule has 1 aromatic carbocycles. The third-order valence-electron chi connectivity index (χ3n) is 4.76. The Morgan fingerprint density at radius 1 is 1.21 bits per heavy atom. The molecule has 0 unspecified atom stereocenters. The Morgan fingerprint density at radius 2 is 2.03 bits per heavy atom. The van der Waals surface area contributed by atoms with Crippen molar-refractivity contribution in [3.8, 4) is 17.6 Å². The molecule has 33 heavy (non-hydrogen) atoms. The van der Waals surface area contributed by atoms with Crippen LogP contribution in [0.4, 0.5) is 16.3 Å². The number of urea groups is 1. The molecule has 0 atom stereocenters. The normalized spacial score (nSPS) is 13.7. The maximum absolute atomic E-state index is 12.3. The quantitative estimate of drug-likeness (QED) is 0.441. The molecule has 1 aliphatic heterocycles. The average molecular weight is 476 g/mol. The molecule has 2 heterocycles. The maximum Gasteiger partial charge on any atom is 0.325 e. The number of amides is 2. The number of methoxy groups -OCH3 is 1. The second kappa shape index (κ2) is 12.8. The summed E-state index contributed by atoms with van der Waals surface area (Å²) in [5.41, 5.74) is 0.509.